The van der Waals surface area contributed by atoms with Gasteiger partial charge in [0.2, 0.25) is 0 Å². The van der Waals surface area contributed by atoms with Gasteiger partial charge in [0.1, 0.15) is 19.0 Å². The fraction of sp³-hybridized carbons (Fsp3) is 0.300. The van der Waals surface area contributed by atoms with E-state index in [1.807, 2.05) is 42.5 Å². The molecule has 1 amide bonds. The van der Waals surface area contributed by atoms with Crippen molar-refractivity contribution in [3.05, 3.63) is 47.3 Å². The number of rotatable bonds is 5. The molecule has 4 rings (SSSR count). The lowest BCUT2D eigenvalue weighted by atomic mass is 10.2. The molecule has 2 aromatic carbocycles. The van der Waals surface area contributed by atoms with Gasteiger partial charge in [0.05, 0.1) is 10.2 Å². The van der Waals surface area contributed by atoms with E-state index in [1.165, 1.54) is 11.3 Å². The van der Waals surface area contributed by atoms with Gasteiger partial charge >= 0.3 is 0 Å². The third-order valence-corrected chi connectivity index (χ3v) is 5.16. The molecule has 0 spiro atoms. The summed E-state index contributed by atoms with van der Waals surface area (Å²) < 4.78 is 19.9. The molecule has 1 aliphatic rings. The van der Waals surface area contributed by atoms with Crippen molar-refractivity contribution in [1.29, 1.82) is 0 Å². The molecule has 3 aromatic rings. The van der Waals surface area contributed by atoms with Gasteiger partial charge in [-0.15, -0.1) is 0 Å². The summed E-state index contributed by atoms with van der Waals surface area (Å²) in [6, 6.07) is 13.2. The molecule has 140 valence electrons. The van der Waals surface area contributed by atoms with Crippen molar-refractivity contribution in [3.63, 3.8) is 0 Å². The molecule has 7 heteroatoms. The van der Waals surface area contributed by atoms with Crippen LogP contribution in [-0.4, -0.2) is 30.3 Å². The van der Waals surface area contributed by atoms with Crippen LogP contribution in [0.4, 0.5) is 0 Å². The molecule has 0 saturated carbocycles. The molecule has 0 bridgehead atoms. The Labute approximate surface area is 160 Å². The lowest BCUT2D eigenvalue weighted by Gasteiger charge is -2.18. The maximum absolute atomic E-state index is 12.3. The monoisotopic (exact) mass is 384 g/mol. The summed E-state index contributed by atoms with van der Waals surface area (Å²) in [6.07, 6.45) is 0.933. The number of fused-ring (bicyclic) bond motifs is 2. The number of aromatic nitrogens is 1. The van der Waals surface area contributed by atoms with E-state index >= 15 is 0 Å². The highest BCUT2D eigenvalue weighted by atomic mass is 32.1. The number of amides is 1. The topological polar surface area (TPSA) is 62.1 Å². The van der Waals surface area contributed by atoms with Crippen LogP contribution in [0, 0.1) is 0 Å². The molecule has 6 nitrogen and oxygen atoms in total. The van der Waals surface area contributed by atoms with Crippen LogP contribution >= 0.6 is 11.3 Å². The van der Waals surface area contributed by atoms with E-state index in [-0.39, 0.29) is 12.5 Å². The van der Waals surface area contributed by atoms with Gasteiger partial charge in [-0.3, -0.25) is 4.79 Å². The lowest BCUT2D eigenvalue weighted by Crippen LogP contribution is -2.19. The number of carbonyl (C=O) groups is 1. The van der Waals surface area contributed by atoms with Gasteiger partial charge in [-0.05, 0) is 18.6 Å². The van der Waals surface area contributed by atoms with E-state index in [2.05, 4.69) is 16.5 Å². The molecule has 0 saturated heterocycles. The third kappa shape index (κ3) is 3.83. The molecule has 0 atom stereocenters. The molecular weight excluding hydrogens is 364 g/mol. The Hall–Kier alpha value is -2.80. The first-order valence-electron chi connectivity index (χ1n) is 8.93. The van der Waals surface area contributed by atoms with Crippen molar-refractivity contribution >= 4 is 27.5 Å². The predicted octanol–water partition coefficient (Wildman–Crippen LogP) is 3.39. The molecule has 0 N–H and O–H groups in total. The molecular formula is C20H20N2O4S. The Bertz CT molecular complexity index is 1020. The maximum atomic E-state index is 12.3. The summed E-state index contributed by atoms with van der Waals surface area (Å²) in [5.74, 6) is 1.82. The minimum Gasteiger partial charge on any atom is -0.486 e. The number of benzene rings is 2. The van der Waals surface area contributed by atoms with Gasteiger partial charge < -0.3 is 18.8 Å². The second-order valence-electron chi connectivity index (χ2n) is 6.11. The van der Waals surface area contributed by atoms with Crippen LogP contribution in [-0.2, 0) is 11.3 Å². The van der Waals surface area contributed by atoms with Crippen LogP contribution < -0.4 is 19.0 Å². The minimum absolute atomic E-state index is 0.0902. The summed E-state index contributed by atoms with van der Waals surface area (Å²) in [7, 11) is 0. The smallest absolute Gasteiger partial charge is 0.286 e. The van der Waals surface area contributed by atoms with Crippen molar-refractivity contribution < 1.29 is 19.0 Å². The summed E-state index contributed by atoms with van der Waals surface area (Å²) in [5, 5.41) is 0. The average molecular weight is 384 g/mol. The van der Waals surface area contributed by atoms with Gasteiger partial charge in [-0.2, -0.15) is 4.99 Å². The summed E-state index contributed by atoms with van der Waals surface area (Å²) in [4.78, 5) is 17.3. The third-order valence-electron chi connectivity index (χ3n) is 4.12. The number of ether oxygens (including phenoxy) is 3. The fourth-order valence-corrected chi connectivity index (χ4v) is 4.02. The zero-order valence-corrected chi connectivity index (χ0v) is 15.8. The number of para-hydroxylation sites is 1. The lowest BCUT2D eigenvalue weighted by molar-refractivity contribution is -0.120. The van der Waals surface area contributed by atoms with Crippen LogP contribution in [0.5, 0.6) is 17.2 Å². The van der Waals surface area contributed by atoms with Crippen molar-refractivity contribution in [2.75, 3.05) is 19.8 Å². The van der Waals surface area contributed by atoms with E-state index in [4.69, 9.17) is 14.2 Å². The first kappa shape index (κ1) is 17.6. The van der Waals surface area contributed by atoms with Gasteiger partial charge in [0.25, 0.3) is 5.91 Å². The first-order valence-corrected chi connectivity index (χ1v) is 9.74. The molecule has 0 fully saturated rings. The molecule has 1 aliphatic heterocycles. The maximum Gasteiger partial charge on any atom is 0.286 e. The molecule has 2 heterocycles. The Morgan fingerprint density at radius 3 is 2.67 bits per heavy atom. The van der Waals surface area contributed by atoms with E-state index < -0.39 is 0 Å². The van der Waals surface area contributed by atoms with E-state index in [0.717, 1.165) is 34.7 Å². The molecule has 0 aliphatic carbocycles. The van der Waals surface area contributed by atoms with E-state index in [9.17, 15) is 4.79 Å². The summed E-state index contributed by atoms with van der Waals surface area (Å²) in [5.41, 5.74) is 1.00. The second-order valence-corrected chi connectivity index (χ2v) is 7.12. The van der Waals surface area contributed by atoms with Crippen LogP contribution in [0.15, 0.2) is 47.5 Å². The number of nitrogens with zero attached hydrogens (tertiary/aromatic N) is 2. The highest BCUT2D eigenvalue weighted by molar-refractivity contribution is 7.16. The Morgan fingerprint density at radius 1 is 1.19 bits per heavy atom. The highest BCUT2D eigenvalue weighted by Crippen LogP contribution is 2.35. The Kier molecular flexibility index (Phi) is 5.11. The Balaban J connectivity index is 1.66. The normalized spacial score (nSPS) is 13.7. The number of thiazole rings is 1. The number of carbonyl (C=O) groups excluding carboxylic acids is 1. The van der Waals surface area contributed by atoms with Gasteiger partial charge in [0, 0.05) is 18.7 Å². The minimum atomic E-state index is -0.312. The quantitative estimate of drug-likeness (QED) is 0.676. The average Bonchev–Trinajstić information content (AvgIpc) is 3.02. The molecule has 0 radical (unpaired) electrons. The van der Waals surface area contributed by atoms with Gasteiger partial charge in [-0.25, -0.2) is 0 Å². The van der Waals surface area contributed by atoms with Gasteiger partial charge in [-0.1, -0.05) is 36.5 Å². The van der Waals surface area contributed by atoms with Crippen molar-refractivity contribution in [1.82, 2.24) is 4.57 Å². The fourth-order valence-electron chi connectivity index (χ4n) is 2.93. The standard InChI is InChI=1S/C20H20N2O4S/c1-2-8-22-15-11-16-17(25-10-9-24-16)12-18(15)27-20(22)21-19(23)13-26-14-6-4-3-5-7-14/h3-7,11-12H,2,8-10,13H2,1H3. The van der Waals surface area contributed by atoms with Crippen LogP contribution in [0.3, 0.4) is 0 Å². The second kappa shape index (κ2) is 7.84. The van der Waals surface area contributed by atoms with Crippen LogP contribution in [0.2, 0.25) is 0 Å². The van der Waals surface area contributed by atoms with Crippen molar-refractivity contribution in [2.45, 2.75) is 19.9 Å². The van der Waals surface area contributed by atoms with Gasteiger partial charge in [0.15, 0.2) is 22.9 Å². The van der Waals surface area contributed by atoms with Crippen LogP contribution in [0.1, 0.15) is 13.3 Å². The van der Waals surface area contributed by atoms with Crippen molar-refractivity contribution in [2.24, 2.45) is 4.99 Å². The zero-order chi connectivity index (χ0) is 18.6. The zero-order valence-electron chi connectivity index (χ0n) is 15.0. The van der Waals surface area contributed by atoms with E-state index in [0.29, 0.717) is 23.8 Å². The highest BCUT2D eigenvalue weighted by Gasteiger charge is 2.16. The summed E-state index contributed by atoms with van der Waals surface area (Å²) >= 11 is 1.47. The molecule has 27 heavy (non-hydrogen) atoms. The largest absolute Gasteiger partial charge is 0.486 e. The van der Waals surface area contributed by atoms with E-state index in [1.54, 1.807) is 0 Å². The predicted molar refractivity (Wildman–Crippen MR) is 104 cm³/mol. The SMILES string of the molecule is CCCn1c(=NC(=O)COc2ccccc2)sc2cc3c(cc21)OCCO3. The number of hydrogen-bond acceptors (Lipinski definition) is 5. The van der Waals surface area contributed by atoms with Crippen LogP contribution in [0.25, 0.3) is 10.2 Å². The molecule has 0 unspecified atom stereocenters. The number of hydrogen-bond donors (Lipinski definition) is 0. The number of aryl methyl sites for hydroxylation is 1. The summed E-state index contributed by atoms with van der Waals surface area (Å²) in [6.45, 7) is 3.87. The molecule has 1 aromatic heterocycles. The first-order chi connectivity index (χ1) is 13.2. The Morgan fingerprint density at radius 2 is 1.93 bits per heavy atom. The van der Waals surface area contributed by atoms with Crippen molar-refractivity contribution in [3.8, 4) is 17.2 Å².